The molecule has 0 amide bonds. The summed E-state index contributed by atoms with van der Waals surface area (Å²) >= 11 is 0. The molecule has 2 atom stereocenters. The Balaban J connectivity index is 1.60. The van der Waals surface area contributed by atoms with Crippen LogP contribution in [0.4, 0.5) is 4.39 Å². The van der Waals surface area contributed by atoms with E-state index in [-0.39, 0.29) is 6.04 Å². The summed E-state index contributed by atoms with van der Waals surface area (Å²) in [6.07, 6.45) is 3.27. The number of likely N-dealkylation sites (N-methyl/N-ethyl adjacent to an activating group) is 1. The van der Waals surface area contributed by atoms with Crippen LogP contribution in [0.5, 0.6) is 0 Å². The molecule has 2 aliphatic heterocycles. The zero-order valence-electron chi connectivity index (χ0n) is 16.0. The predicted molar refractivity (Wildman–Crippen MR) is 107 cm³/mol. The van der Waals surface area contributed by atoms with E-state index in [0.717, 1.165) is 18.3 Å². The minimum absolute atomic E-state index is 0.0525. The first-order chi connectivity index (χ1) is 14.1. The van der Waals surface area contributed by atoms with Gasteiger partial charge >= 0.3 is 0 Å². The molecule has 2 N–H and O–H groups in total. The molecular weight excluding hydrogens is 371 g/mol. The second-order valence-corrected chi connectivity index (χ2v) is 7.03. The van der Waals surface area contributed by atoms with Gasteiger partial charge in [0.05, 0.1) is 23.5 Å². The fraction of sp³-hybridized carbons (Fsp3) is 0.286. The quantitative estimate of drug-likeness (QED) is 0.809. The molecule has 4 rings (SSSR count). The van der Waals surface area contributed by atoms with Crippen molar-refractivity contribution in [1.29, 1.82) is 5.26 Å². The van der Waals surface area contributed by atoms with Crippen LogP contribution in [0.1, 0.15) is 22.7 Å². The number of pyridine rings is 1. The van der Waals surface area contributed by atoms with Crippen LogP contribution in [-0.4, -0.2) is 58.8 Å². The van der Waals surface area contributed by atoms with Crippen LogP contribution in [0.15, 0.2) is 53.8 Å². The number of nitriles is 1. The van der Waals surface area contributed by atoms with Gasteiger partial charge in [0.1, 0.15) is 0 Å². The third-order valence-electron chi connectivity index (χ3n) is 5.19. The van der Waals surface area contributed by atoms with Gasteiger partial charge in [-0.2, -0.15) is 5.26 Å². The highest BCUT2D eigenvalue weighted by Gasteiger charge is 2.30. The van der Waals surface area contributed by atoms with E-state index >= 15 is 0 Å². The summed E-state index contributed by atoms with van der Waals surface area (Å²) < 4.78 is 14.2. The number of aromatic nitrogens is 1. The SMILES string of the molecule is CN1C(N2CCN[C@@H](c3ccc(C#N)cc3)C2)=NC(c2ccncc2F)=CC1O. The lowest BCUT2D eigenvalue weighted by molar-refractivity contribution is 0.0973. The van der Waals surface area contributed by atoms with E-state index in [1.807, 2.05) is 12.1 Å². The number of hydrogen-bond acceptors (Lipinski definition) is 7. The molecule has 3 heterocycles. The first-order valence-corrected chi connectivity index (χ1v) is 9.36. The molecule has 1 aromatic heterocycles. The number of rotatable bonds is 2. The summed E-state index contributed by atoms with van der Waals surface area (Å²) in [4.78, 5) is 12.2. The van der Waals surface area contributed by atoms with Crippen LogP contribution in [0, 0.1) is 17.1 Å². The van der Waals surface area contributed by atoms with E-state index in [1.54, 1.807) is 30.1 Å². The predicted octanol–water partition coefficient (Wildman–Crippen LogP) is 1.70. The molecule has 0 aliphatic carbocycles. The third-order valence-corrected chi connectivity index (χ3v) is 5.19. The number of benzene rings is 1. The van der Waals surface area contributed by atoms with Crippen LogP contribution >= 0.6 is 0 Å². The second kappa shape index (κ2) is 7.99. The molecule has 1 saturated heterocycles. The van der Waals surface area contributed by atoms with Crippen LogP contribution in [0.25, 0.3) is 5.70 Å². The first kappa shape index (κ1) is 19.1. The fourth-order valence-corrected chi connectivity index (χ4v) is 3.57. The number of aliphatic hydroxyl groups is 1. The second-order valence-electron chi connectivity index (χ2n) is 7.03. The van der Waals surface area contributed by atoms with Crippen molar-refractivity contribution in [3.63, 3.8) is 0 Å². The highest BCUT2D eigenvalue weighted by Crippen LogP contribution is 2.26. The largest absolute Gasteiger partial charge is 0.370 e. The number of aliphatic imine (C=N–C) groups is 1. The van der Waals surface area contributed by atoms with Crippen molar-refractivity contribution in [2.45, 2.75) is 12.3 Å². The molecule has 7 nitrogen and oxygen atoms in total. The summed E-state index contributed by atoms with van der Waals surface area (Å²) in [5.41, 5.74) is 2.39. The van der Waals surface area contributed by atoms with Gasteiger partial charge in [0.25, 0.3) is 0 Å². The Morgan fingerprint density at radius 2 is 2.07 bits per heavy atom. The fourth-order valence-electron chi connectivity index (χ4n) is 3.57. The van der Waals surface area contributed by atoms with Crippen molar-refractivity contribution < 1.29 is 9.50 Å². The number of guanidine groups is 1. The Morgan fingerprint density at radius 1 is 1.28 bits per heavy atom. The third kappa shape index (κ3) is 3.83. The van der Waals surface area contributed by atoms with E-state index in [0.29, 0.717) is 35.9 Å². The normalized spacial score (nSPS) is 22.0. The van der Waals surface area contributed by atoms with Crippen LogP contribution in [0.3, 0.4) is 0 Å². The molecule has 1 unspecified atom stereocenters. The number of nitrogens with one attached hydrogen (secondary N) is 1. The lowest BCUT2D eigenvalue weighted by Gasteiger charge is -2.41. The number of piperazine rings is 1. The summed E-state index contributed by atoms with van der Waals surface area (Å²) in [6.45, 7) is 2.07. The molecular formula is C21H21FN6O. The lowest BCUT2D eigenvalue weighted by atomic mass is 10.0. The summed E-state index contributed by atoms with van der Waals surface area (Å²) in [7, 11) is 1.76. The van der Waals surface area contributed by atoms with Crippen LogP contribution in [-0.2, 0) is 0 Å². The van der Waals surface area contributed by atoms with Gasteiger partial charge in [-0.3, -0.25) is 4.98 Å². The number of aliphatic hydroxyl groups excluding tert-OH is 1. The Kier molecular flexibility index (Phi) is 5.25. The van der Waals surface area contributed by atoms with E-state index in [2.05, 4.69) is 26.3 Å². The number of nitrogens with zero attached hydrogens (tertiary/aromatic N) is 5. The van der Waals surface area contributed by atoms with Crippen molar-refractivity contribution in [2.24, 2.45) is 4.99 Å². The molecule has 1 fully saturated rings. The van der Waals surface area contributed by atoms with Crippen LogP contribution < -0.4 is 5.32 Å². The molecule has 0 spiro atoms. The Bertz CT molecular complexity index is 997. The van der Waals surface area contributed by atoms with E-state index in [9.17, 15) is 9.50 Å². The first-order valence-electron chi connectivity index (χ1n) is 9.36. The van der Waals surface area contributed by atoms with E-state index in [1.165, 1.54) is 12.3 Å². The summed E-state index contributed by atoms with van der Waals surface area (Å²) in [5, 5.41) is 23.0. The molecule has 29 heavy (non-hydrogen) atoms. The van der Waals surface area contributed by atoms with Crippen molar-refractivity contribution in [2.75, 3.05) is 26.7 Å². The topological polar surface area (TPSA) is 87.8 Å². The molecule has 8 heteroatoms. The maximum Gasteiger partial charge on any atom is 0.204 e. The Labute approximate surface area is 168 Å². The van der Waals surface area contributed by atoms with Gasteiger partial charge in [-0.15, -0.1) is 0 Å². The molecule has 0 saturated carbocycles. The minimum Gasteiger partial charge on any atom is -0.370 e. The van der Waals surface area contributed by atoms with Crippen molar-refractivity contribution in [1.82, 2.24) is 20.1 Å². The molecule has 2 aromatic rings. The number of halogens is 1. The van der Waals surface area contributed by atoms with Crippen molar-refractivity contribution in [3.8, 4) is 6.07 Å². The number of hydrogen-bond donors (Lipinski definition) is 2. The molecule has 0 radical (unpaired) electrons. The Morgan fingerprint density at radius 3 is 2.79 bits per heavy atom. The highest BCUT2D eigenvalue weighted by molar-refractivity contribution is 5.89. The standard InChI is InChI=1S/C21H21FN6O/c1-27-20(29)10-18(16-6-7-24-12-17(16)22)26-21(27)28-9-8-25-19(13-28)15-4-2-14(11-23)3-5-15/h2-7,10,12,19-20,25,29H,8-9,13H2,1H3/t19-,20?/m1/s1. The van der Waals surface area contributed by atoms with E-state index in [4.69, 9.17) is 5.26 Å². The van der Waals surface area contributed by atoms with Gasteiger partial charge < -0.3 is 20.2 Å². The average Bonchev–Trinajstić information content (AvgIpc) is 2.76. The van der Waals surface area contributed by atoms with Crippen molar-refractivity contribution in [3.05, 3.63) is 71.3 Å². The Hall–Kier alpha value is -3.28. The average molecular weight is 392 g/mol. The smallest absolute Gasteiger partial charge is 0.204 e. The molecule has 1 aromatic carbocycles. The zero-order chi connectivity index (χ0) is 20.4. The van der Waals surface area contributed by atoms with Gasteiger partial charge in [0.2, 0.25) is 5.96 Å². The van der Waals surface area contributed by atoms with Crippen molar-refractivity contribution >= 4 is 11.7 Å². The van der Waals surface area contributed by atoms with E-state index < -0.39 is 12.0 Å². The van der Waals surface area contributed by atoms with Crippen LogP contribution in [0.2, 0.25) is 0 Å². The maximum atomic E-state index is 14.2. The highest BCUT2D eigenvalue weighted by atomic mass is 19.1. The summed E-state index contributed by atoms with van der Waals surface area (Å²) in [5.74, 6) is 0.112. The lowest BCUT2D eigenvalue weighted by Crippen LogP contribution is -2.55. The monoisotopic (exact) mass is 392 g/mol. The molecule has 148 valence electrons. The molecule has 0 bridgehead atoms. The van der Waals surface area contributed by atoms with Gasteiger partial charge in [0.15, 0.2) is 12.0 Å². The zero-order valence-corrected chi connectivity index (χ0v) is 16.0. The summed E-state index contributed by atoms with van der Waals surface area (Å²) in [6, 6.07) is 11.2. The van der Waals surface area contributed by atoms with Gasteiger partial charge in [-0.05, 0) is 29.8 Å². The molecule has 2 aliphatic rings. The maximum absolute atomic E-state index is 14.2. The minimum atomic E-state index is -0.909. The van der Waals surface area contributed by atoms with Gasteiger partial charge in [-0.1, -0.05) is 12.1 Å². The van der Waals surface area contributed by atoms with Gasteiger partial charge in [-0.25, -0.2) is 9.38 Å². The van der Waals surface area contributed by atoms with Gasteiger partial charge in [0, 0.05) is 44.5 Å².